The number of aliphatic hydroxyl groups is 3. The number of aryl methyl sites for hydroxylation is 1. The number of para-hydroxylation sites is 1. The van der Waals surface area contributed by atoms with Gasteiger partial charge in [-0.15, -0.1) is 0 Å². The van der Waals surface area contributed by atoms with E-state index in [1.807, 2.05) is 35.9 Å². The van der Waals surface area contributed by atoms with E-state index in [0.717, 1.165) is 10.9 Å². The fraction of sp³-hybridized carbons (Fsp3) is 0.429. The maximum Gasteiger partial charge on any atom is 0.229 e. The molecule has 0 radical (unpaired) electrons. The first-order valence-corrected chi connectivity index (χ1v) is 6.45. The first kappa shape index (κ1) is 13.4. The Labute approximate surface area is 115 Å². The first-order valence-electron chi connectivity index (χ1n) is 6.45. The summed E-state index contributed by atoms with van der Waals surface area (Å²) in [4.78, 5) is 0. The van der Waals surface area contributed by atoms with Crippen LogP contribution >= 0.6 is 0 Å². The lowest BCUT2D eigenvalue weighted by Crippen LogP contribution is -2.35. The van der Waals surface area contributed by atoms with Gasteiger partial charge in [0, 0.05) is 18.6 Å². The number of hydrogen-bond donors (Lipinski definition) is 3. The van der Waals surface area contributed by atoms with Crippen LogP contribution in [0.5, 0.6) is 5.75 Å². The van der Waals surface area contributed by atoms with Crippen molar-refractivity contribution in [3.05, 3.63) is 30.5 Å². The highest BCUT2D eigenvalue weighted by Crippen LogP contribution is 2.31. The van der Waals surface area contributed by atoms with Crippen molar-refractivity contribution in [2.45, 2.75) is 24.6 Å². The van der Waals surface area contributed by atoms with Crippen LogP contribution in [0.15, 0.2) is 30.5 Å². The lowest BCUT2D eigenvalue weighted by atomic mass is 10.1. The lowest BCUT2D eigenvalue weighted by Gasteiger charge is -2.16. The zero-order valence-corrected chi connectivity index (χ0v) is 11.0. The summed E-state index contributed by atoms with van der Waals surface area (Å²) in [5, 5.41) is 29.5. The molecule has 6 heteroatoms. The van der Waals surface area contributed by atoms with Gasteiger partial charge in [-0.1, -0.05) is 12.1 Å². The highest BCUT2D eigenvalue weighted by Gasteiger charge is 2.44. The highest BCUT2D eigenvalue weighted by molar-refractivity contribution is 5.86. The largest absolute Gasteiger partial charge is 0.460 e. The third-order valence-corrected chi connectivity index (χ3v) is 3.60. The molecule has 0 aliphatic carbocycles. The van der Waals surface area contributed by atoms with Gasteiger partial charge >= 0.3 is 0 Å². The van der Waals surface area contributed by atoms with Crippen LogP contribution in [0.4, 0.5) is 0 Å². The molecule has 1 aliphatic heterocycles. The topological polar surface area (TPSA) is 84.1 Å². The molecule has 2 aromatic rings. The molecule has 0 saturated carbocycles. The van der Waals surface area contributed by atoms with Crippen LogP contribution in [-0.2, 0) is 11.8 Å². The number of benzene rings is 1. The van der Waals surface area contributed by atoms with Gasteiger partial charge in [0.1, 0.15) is 24.1 Å². The zero-order valence-electron chi connectivity index (χ0n) is 11.0. The Morgan fingerprint density at radius 3 is 2.70 bits per heavy atom. The van der Waals surface area contributed by atoms with Gasteiger partial charge in [-0.3, -0.25) is 0 Å². The smallest absolute Gasteiger partial charge is 0.229 e. The van der Waals surface area contributed by atoms with Crippen molar-refractivity contribution < 1.29 is 24.8 Å². The van der Waals surface area contributed by atoms with Crippen LogP contribution in [0.1, 0.15) is 0 Å². The molecule has 3 N–H and O–H groups in total. The average Bonchev–Trinajstić information content (AvgIpc) is 2.92. The minimum Gasteiger partial charge on any atom is -0.460 e. The van der Waals surface area contributed by atoms with Gasteiger partial charge in [0.25, 0.3) is 0 Å². The second kappa shape index (κ2) is 5.06. The van der Waals surface area contributed by atoms with Gasteiger partial charge in [0.15, 0.2) is 0 Å². The van der Waals surface area contributed by atoms with Crippen LogP contribution < -0.4 is 4.74 Å². The molecule has 1 fully saturated rings. The number of fused-ring (bicyclic) bond motifs is 1. The Balaban J connectivity index is 1.87. The molecule has 0 spiro atoms. The van der Waals surface area contributed by atoms with Crippen molar-refractivity contribution in [1.82, 2.24) is 4.57 Å². The summed E-state index contributed by atoms with van der Waals surface area (Å²) in [6.45, 7) is -0.367. The third kappa shape index (κ3) is 2.06. The Morgan fingerprint density at radius 2 is 2.00 bits per heavy atom. The van der Waals surface area contributed by atoms with Crippen LogP contribution in [0, 0.1) is 0 Å². The maximum atomic E-state index is 9.88. The molecule has 1 saturated heterocycles. The van der Waals surface area contributed by atoms with Gasteiger partial charge in [0.2, 0.25) is 6.29 Å². The van der Waals surface area contributed by atoms with Crippen molar-refractivity contribution in [3.63, 3.8) is 0 Å². The molecule has 3 rings (SSSR count). The highest BCUT2D eigenvalue weighted by atomic mass is 16.7. The van der Waals surface area contributed by atoms with E-state index >= 15 is 0 Å². The zero-order chi connectivity index (χ0) is 14.3. The van der Waals surface area contributed by atoms with Gasteiger partial charge < -0.3 is 29.4 Å². The van der Waals surface area contributed by atoms with Crippen molar-refractivity contribution in [3.8, 4) is 5.75 Å². The summed E-state index contributed by atoms with van der Waals surface area (Å²) in [5.74, 6) is 0.568. The Kier molecular flexibility index (Phi) is 3.39. The molecule has 2 heterocycles. The summed E-state index contributed by atoms with van der Waals surface area (Å²) < 4.78 is 12.9. The molecule has 20 heavy (non-hydrogen) atoms. The predicted octanol–water partition coefficient (Wildman–Crippen LogP) is -0.00390. The molecule has 0 bridgehead atoms. The second-order valence-electron chi connectivity index (χ2n) is 4.95. The summed E-state index contributed by atoms with van der Waals surface area (Å²) >= 11 is 0. The summed E-state index contributed by atoms with van der Waals surface area (Å²) in [6.07, 6.45) is -2.37. The standard InChI is InChI=1S/C14H17NO5/c1-15-6-10(8-4-2-3-5-9(8)15)19-14-13(18)12(17)11(7-16)20-14/h2-6,11-14,16-18H,7H2,1H3/t11-,12-,13-,14-/m1/s1. The number of rotatable bonds is 3. The van der Waals surface area contributed by atoms with Gasteiger partial charge in [-0.2, -0.15) is 0 Å². The lowest BCUT2D eigenvalue weighted by molar-refractivity contribution is -0.115. The molecule has 4 atom stereocenters. The van der Waals surface area contributed by atoms with Crippen LogP contribution in [0.2, 0.25) is 0 Å². The quantitative estimate of drug-likeness (QED) is 0.736. The third-order valence-electron chi connectivity index (χ3n) is 3.60. The van der Waals surface area contributed by atoms with Crippen LogP contribution in [-0.4, -0.2) is 51.1 Å². The molecule has 0 unspecified atom stereocenters. The van der Waals surface area contributed by atoms with E-state index in [-0.39, 0.29) is 6.61 Å². The van der Waals surface area contributed by atoms with Gasteiger partial charge in [-0.05, 0) is 12.1 Å². The maximum absolute atomic E-state index is 9.88. The van der Waals surface area contributed by atoms with E-state index in [4.69, 9.17) is 14.6 Å². The molecule has 1 aromatic heterocycles. The molecular formula is C14H17NO5. The Hall–Kier alpha value is -1.60. The van der Waals surface area contributed by atoms with E-state index in [9.17, 15) is 10.2 Å². The van der Waals surface area contributed by atoms with Crippen LogP contribution in [0.25, 0.3) is 10.9 Å². The Bertz CT molecular complexity index is 611. The minimum absolute atomic E-state index is 0.367. The minimum atomic E-state index is -1.19. The SMILES string of the molecule is Cn1cc(O[C@@H]2O[C@H](CO)[C@@H](O)[C@H]2O)c2ccccc21. The molecule has 1 aromatic carbocycles. The van der Waals surface area contributed by atoms with E-state index in [1.54, 1.807) is 6.20 Å². The molecule has 0 amide bonds. The monoisotopic (exact) mass is 279 g/mol. The Morgan fingerprint density at radius 1 is 1.25 bits per heavy atom. The normalized spacial score (nSPS) is 30.0. The van der Waals surface area contributed by atoms with E-state index < -0.39 is 24.6 Å². The van der Waals surface area contributed by atoms with Crippen molar-refractivity contribution in [2.75, 3.05) is 6.61 Å². The van der Waals surface area contributed by atoms with E-state index in [2.05, 4.69) is 0 Å². The first-order chi connectivity index (χ1) is 9.61. The van der Waals surface area contributed by atoms with Crippen molar-refractivity contribution in [2.24, 2.45) is 7.05 Å². The van der Waals surface area contributed by atoms with E-state index in [0.29, 0.717) is 5.75 Å². The van der Waals surface area contributed by atoms with E-state index in [1.165, 1.54) is 0 Å². The predicted molar refractivity (Wildman–Crippen MR) is 71.3 cm³/mol. The number of ether oxygens (including phenoxy) is 2. The second-order valence-corrected chi connectivity index (χ2v) is 4.95. The van der Waals surface area contributed by atoms with Gasteiger partial charge in [0.05, 0.1) is 12.1 Å². The van der Waals surface area contributed by atoms with Crippen LogP contribution in [0.3, 0.4) is 0 Å². The molecule has 1 aliphatic rings. The number of aliphatic hydroxyl groups excluding tert-OH is 3. The fourth-order valence-corrected chi connectivity index (χ4v) is 2.49. The number of hydrogen-bond acceptors (Lipinski definition) is 5. The summed E-state index contributed by atoms with van der Waals surface area (Å²) in [7, 11) is 1.90. The van der Waals surface area contributed by atoms with Crippen molar-refractivity contribution >= 4 is 10.9 Å². The molecule has 108 valence electrons. The number of nitrogens with zero attached hydrogens (tertiary/aromatic N) is 1. The average molecular weight is 279 g/mol. The molecular weight excluding hydrogens is 262 g/mol. The number of aromatic nitrogens is 1. The fourth-order valence-electron chi connectivity index (χ4n) is 2.49. The molecule has 6 nitrogen and oxygen atoms in total. The van der Waals surface area contributed by atoms with Gasteiger partial charge in [-0.25, -0.2) is 0 Å². The summed E-state index contributed by atoms with van der Waals surface area (Å²) in [5.41, 5.74) is 0.995. The summed E-state index contributed by atoms with van der Waals surface area (Å²) in [6, 6.07) is 7.69. The van der Waals surface area contributed by atoms with Crippen molar-refractivity contribution in [1.29, 1.82) is 0 Å².